The van der Waals surface area contributed by atoms with Gasteiger partial charge in [0.1, 0.15) is 17.6 Å². The lowest BCUT2D eigenvalue weighted by molar-refractivity contribution is -0.121. The first-order valence-corrected chi connectivity index (χ1v) is 12.9. The molecular weight excluding hydrogens is 498 g/mol. The maximum absolute atomic E-state index is 12.9. The van der Waals surface area contributed by atoms with Crippen molar-refractivity contribution in [1.82, 2.24) is 20.1 Å². The molecule has 1 unspecified atom stereocenters. The summed E-state index contributed by atoms with van der Waals surface area (Å²) in [6.45, 7) is 3.70. The number of nitrogens with zero attached hydrogens (tertiary/aromatic N) is 4. The van der Waals surface area contributed by atoms with Crippen LogP contribution in [0.15, 0.2) is 47.5 Å². The van der Waals surface area contributed by atoms with Gasteiger partial charge in [-0.2, -0.15) is 12.6 Å². The summed E-state index contributed by atoms with van der Waals surface area (Å²) in [6.07, 6.45) is 1.79. The van der Waals surface area contributed by atoms with E-state index in [1.165, 1.54) is 0 Å². The Balaban J connectivity index is 1.63. The van der Waals surface area contributed by atoms with Crippen LogP contribution in [-0.4, -0.2) is 59.0 Å². The molecule has 3 aromatic rings. The molecule has 36 heavy (non-hydrogen) atoms. The van der Waals surface area contributed by atoms with E-state index >= 15 is 0 Å². The van der Waals surface area contributed by atoms with Gasteiger partial charge in [-0.05, 0) is 55.9 Å². The van der Waals surface area contributed by atoms with Gasteiger partial charge in [-0.25, -0.2) is 0 Å². The van der Waals surface area contributed by atoms with Crippen molar-refractivity contribution in [3.63, 3.8) is 0 Å². The van der Waals surface area contributed by atoms with Crippen LogP contribution in [0, 0.1) is 6.92 Å². The van der Waals surface area contributed by atoms with E-state index in [1.807, 2.05) is 54.0 Å². The molecule has 0 aliphatic carbocycles. The lowest BCUT2D eigenvalue weighted by Crippen LogP contribution is -2.27. The van der Waals surface area contributed by atoms with E-state index in [9.17, 15) is 4.79 Å². The van der Waals surface area contributed by atoms with Crippen molar-refractivity contribution in [2.24, 2.45) is 4.99 Å². The fourth-order valence-corrected chi connectivity index (χ4v) is 4.35. The summed E-state index contributed by atoms with van der Waals surface area (Å²) in [7, 11) is 1.63. The van der Waals surface area contributed by atoms with Gasteiger partial charge < -0.3 is 14.8 Å². The van der Waals surface area contributed by atoms with Crippen molar-refractivity contribution in [1.29, 1.82) is 0 Å². The van der Waals surface area contributed by atoms with E-state index in [2.05, 4.69) is 28.1 Å². The molecule has 0 radical (unpaired) electrons. The lowest BCUT2D eigenvalue weighted by atomic mass is 10.00. The van der Waals surface area contributed by atoms with Gasteiger partial charge in [-0.15, -0.1) is 10.2 Å². The number of aryl methyl sites for hydroxylation is 1. The van der Waals surface area contributed by atoms with Gasteiger partial charge in [0, 0.05) is 35.9 Å². The second-order valence-electron chi connectivity index (χ2n) is 8.42. The second kappa shape index (κ2) is 12.4. The third-order valence-electron chi connectivity index (χ3n) is 5.86. The number of halogens is 1. The topological polar surface area (TPSA) is 90.6 Å². The Bertz CT molecular complexity index is 1230. The molecule has 1 amide bonds. The van der Waals surface area contributed by atoms with Crippen molar-refractivity contribution in [2.75, 3.05) is 32.6 Å². The standard InChI is InChI=1S/C26H30ClN5O3S/c1-17-30-31-26-22(16-24(33)28-11-3-12-35-13-4-14-36)29-25(18-5-7-19(27)8-6-18)21-15-20(34-2)9-10-23(21)32(17)26/h5-10,15,22,36H,3-4,11-14,16H2,1-2H3,(H,28,33). The van der Waals surface area contributed by atoms with E-state index in [1.54, 1.807) is 7.11 Å². The minimum absolute atomic E-state index is 0.106. The molecule has 1 aliphatic heterocycles. The first-order chi connectivity index (χ1) is 17.5. The highest BCUT2D eigenvalue weighted by Gasteiger charge is 2.30. The van der Waals surface area contributed by atoms with Gasteiger partial charge in [-0.1, -0.05) is 23.7 Å². The predicted octanol–water partition coefficient (Wildman–Crippen LogP) is 4.36. The molecular formula is C26H30ClN5O3S. The molecule has 1 N–H and O–H groups in total. The number of rotatable bonds is 11. The number of carbonyl (C=O) groups excluding carboxylic acids is 1. The minimum atomic E-state index is -0.526. The molecule has 2 heterocycles. The molecule has 0 saturated carbocycles. The van der Waals surface area contributed by atoms with Crippen molar-refractivity contribution < 1.29 is 14.3 Å². The molecule has 2 aromatic carbocycles. The molecule has 4 rings (SSSR count). The van der Waals surface area contributed by atoms with Crippen LogP contribution in [0.3, 0.4) is 0 Å². The summed E-state index contributed by atoms with van der Waals surface area (Å²) in [4.78, 5) is 18.0. The second-order valence-corrected chi connectivity index (χ2v) is 9.31. The monoisotopic (exact) mass is 527 g/mol. The number of nitrogens with one attached hydrogen (secondary N) is 1. The van der Waals surface area contributed by atoms with Crippen molar-refractivity contribution >= 4 is 35.8 Å². The van der Waals surface area contributed by atoms with E-state index < -0.39 is 6.04 Å². The molecule has 0 saturated heterocycles. The van der Waals surface area contributed by atoms with E-state index in [4.69, 9.17) is 26.1 Å². The zero-order chi connectivity index (χ0) is 25.5. The van der Waals surface area contributed by atoms with E-state index in [0.29, 0.717) is 42.2 Å². The van der Waals surface area contributed by atoms with E-state index in [-0.39, 0.29) is 12.3 Å². The lowest BCUT2D eigenvalue weighted by Gasteiger charge is -2.14. The van der Waals surface area contributed by atoms with Gasteiger partial charge in [0.2, 0.25) is 5.91 Å². The summed E-state index contributed by atoms with van der Waals surface area (Å²) in [5.41, 5.74) is 3.36. The van der Waals surface area contributed by atoms with Crippen LogP contribution >= 0.6 is 24.2 Å². The normalized spacial score (nSPS) is 14.4. The Morgan fingerprint density at radius 2 is 1.92 bits per heavy atom. The number of aliphatic imine (C=N–C) groups is 1. The summed E-state index contributed by atoms with van der Waals surface area (Å²) < 4.78 is 13.0. The molecule has 0 spiro atoms. The summed E-state index contributed by atoms with van der Waals surface area (Å²) >= 11 is 10.3. The number of aromatic nitrogens is 3. The fourth-order valence-electron chi connectivity index (χ4n) is 4.10. The van der Waals surface area contributed by atoms with Crippen molar-refractivity contribution in [2.45, 2.75) is 32.2 Å². The number of thiol groups is 1. The molecule has 0 bridgehead atoms. The maximum Gasteiger partial charge on any atom is 0.222 e. The predicted molar refractivity (Wildman–Crippen MR) is 144 cm³/mol. The van der Waals surface area contributed by atoms with Gasteiger partial charge in [0.05, 0.1) is 24.9 Å². The Morgan fingerprint density at radius 3 is 2.67 bits per heavy atom. The highest BCUT2D eigenvalue weighted by atomic mass is 35.5. The van der Waals surface area contributed by atoms with Gasteiger partial charge in [0.15, 0.2) is 5.82 Å². The number of fused-ring (bicyclic) bond motifs is 3. The Kier molecular flexibility index (Phi) is 9.01. The average molecular weight is 528 g/mol. The van der Waals surface area contributed by atoms with Crippen LogP contribution in [0.1, 0.15) is 48.1 Å². The quantitative estimate of drug-likeness (QED) is 0.285. The molecule has 0 fully saturated rings. The minimum Gasteiger partial charge on any atom is -0.497 e. The summed E-state index contributed by atoms with van der Waals surface area (Å²) in [6, 6.07) is 12.8. The highest BCUT2D eigenvalue weighted by molar-refractivity contribution is 7.80. The fraction of sp³-hybridized carbons (Fsp3) is 0.385. The Labute approximate surface area is 221 Å². The zero-order valence-corrected chi connectivity index (χ0v) is 22.1. The smallest absolute Gasteiger partial charge is 0.222 e. The van der Waals surface area contributed by atoms with Crippen LogP contribution in [0.5, 0.6) is 5.75 Å². The third kappa shape index (κ3) is 6.08. The first-order valence-electron chi connectivity index (χ1n) is 11.9. The van der Waals surface area contributed by atoms with Crippen molar-refractivity contribution in [3.05, 3.63) is 70.3 Å². The van der Waals surface area contributed by atoms with Gasteiger partial charge in [-0.3, -0.25) is 14.4 Å². The van der Waals surface area contributed by atoms with Crippen LogP contribution in [0.4, 0.5) is 0 Å². The molecule has 1 aromatic heterocycles. The highest BCUT2D eigenvalue weighted by Crippen LogP contribution is 2.34. The van der Waals surface area contributed by atoms with E-state index in [0.717, 1.165) is 41.1 Å². The summed E-state index contributed by atoms with van der Waals surface area (Å²) in [5.74, 6) is 2.74. The van der Waals surface area contributed by atoms with Crippen molar-refractivity contribution in [3.8, 4) is 11.4 Å². The molecule has 1 aliphatic rings. The third-order valence-corrected chi connectivity index (χ3v) is 6.43. The van der Waals surface area contributed by atoms with Gasteiger partial charge in [0.25, 0.3) is 0 Å². The SMILES string of the molecule is COc1ccc2c(c1)C(c1ccc(Cl)cc1)=NC(CC(=O)NCCCOCCCS)c1nnc(C)n1-2. The summed E-state index contributed by atoms with van der Waals surface area (Å²) in [5, 5.41) is 12.3. The number of carbonyl (C=O) groups is 1. The molecule has 10 heteroatoms. The zero-order valence-electron chi connectivity index (χ0n) is 20.4. The number of ether oxygens (including phenoxy) is 2. The Hall–Kier alpha value is -2.88. The maximum atomic E-state index is 12.9. The Morgan fingerprint density at radius 1 is 1.14 bits per heavy atom. The number of amides is 1. The molecule has 1 atom stereocenters. The van der Waals surface area contributed by atoms with Crippen LogP contribution in [0.2, 0.25) is 5.02 Å². The van der Waals surface area contributed by atoms with Crippen LogP contribution < -0.4 is 10.1 Å². The largest absolute Gasteiger partial charge is 0.497 e. The number of hydrogen-bond acceptors (Lipinski definition) is 7. The first kappa shape index (κ1) is 26.2. The van der Waals surface area contributed by atoms with Crippen LogP contribution in [0.25, 0.3) is 5.69 Å². The number of methoxy groups -OCH3 is 1. The molecule has 8 nitrogen and oxygen atoms in total. The van der Waals surface area contributed by atoms with Crippen LogP contribution in [-0.2, 0) is 9.53 Å². The van der Waals surface area contributed by atoms with Gasteiger partial charge >= 0.3 is 0 Å². The number of hydrogen-bond donors (Lipinski definition) is 2. The number of benzene rings is 2. The average Bonchev–Trinajstić information content (AvgIpc) is 3.21. The molecule has 190 valence electrons.